The van der Waals surface area contributed by atoms with Crippen LogP contribution >= 0.6 is 0 Å². The Morgan fingerprint density at radius 1 is 1.29 bits per heavy atom. The van der Waals surface area contributed by atoms with Gasteiger partial charge in [-0.25, -0.2) is 0 Å². The van der Waals surface area contributed by atoms with E-state index in [-0.39, 0.29) is 35.8 Å². The third-order valence-corrected chi connectivity index (χ3v) is 4.18. The fraction of sp³-hybridized carbons (Fsp3) is 0.579. The average molecular weight is 332 g/mol. The summed E-state index contributed by atoms with van der Waals surface area (Å²) in [5, 5.41) is 12.4. The standard InChI is InChI=1S/C19H28N2O3/c1-19(2,3)11-14(12-22)20-17(23)15-7-5-6-8-16(15)21(4)18(24)13-9-10-13/h5-8,13-14,22H,9-12H2,1-4H3,(H,20,23). The van der Waals surface area contributed by atoms with Crippen LogP contribution in [0.25, 0.3) is 0 Å². The number of benzene rings is 1. The molecular weight excluding hydrogens is 304 g/mol. The number of hydrogen-bond acceptors (Lipinski definition) is 3. The van der Waals surface area contributed by atoms with E-state index >= 15 is 0 Å². The second kappa shape index (κ2) is 7.34. The molecule has 1 unspecified atom stereocenters. The van der Waals surface area contributed by atoms with Crippen LogP contribution in [0.1, 0.15) is 50.4 Å². The molecule has 0 aromatic heterocycles. The summed E-state index contributed by atoms with van der Waals surface area (Å²) in [4.78, 5) is 26.5. The van der Waals surface area contributed by atoms with Crippen molar-refractivity contribution in [1.29, 1.82) is 0 Å². The fourth-order valence-electron chi connectivity index (χ4n) is 2.84. The van der Waals surface area contributed by atoms with Gasteiger partial charge >= 0.3 is 0 Å². The molecule has 0 spiro atoms. The number of nitrogens with zero attached hydrogens (tertiary/aromatic N) is 1. The highest BCUT2D eigenvalue weighted by atomic mass is 16.3. The van der Waals surface area contributed by atoms with Crippen LogP contribution in [0.4, 0.5) is 5.69 Å². The zero-order chi connectivity index (χ0) is 17.9. The molecule has 2 amide bonds. The number of para-hydroxylation sites is 1. The zero-order valence-corrected chi connectivity index (χ0v) is 15.0. The predicted molar refractivity (Wildman–Crippen MR) is 95.0 cm³/mol. The number of anilines is 1. The van der Waals surface area contributed by atoms with Crippen molar-refractivity contribution < 1.29 is 14.7 Å². The Kier molecular flexibility index (Phi) is 5.65. The lowest BCUT2D eigenvalue weighted by Crippen LogP contribution is -2.41. The fourth-order valence-corrected chi connectivity index (χ4v) is 2.84. The first-order valence-corrected chi connectivity index (χ1v) is 8.51. The first-order valence-electron chi connectivity index (χ1n) is 8.51. The van der Waals surface area contributed by atoms with Crippen LogP contribution in [0.5, 0.6) is 0 Å². The van der Waals surface area contributed by atoms with E-state index in [1.165, 1.54) is 0 Å². The van der Waals surface area contributed by atoms with Crippen molar-refractivity contribution in [3.05, 3.63) is 29.8 Å². The summed E-state index contributed by atoms with van der Waals surface area (Å²) in [7, 11) is 1.71. The van der Waals surface area contributed by atoms with Gasteiger partial charge in [0.1, 0.15) is 0 Å². The van der Waals surface area contributed by atoms with Crippen molar-refractivity contribution in [2.75, 3.05) is 18.6 Å². The van der Waals surface area contributed by atoms with E-state index in [1.54, 1.807) is 30.1 Å². The second-order valence-corrected chi connectivity index (χ2v) is 7.81. The molecule has 1 aromatic rings. The van der Waals surface area contributed by atoms with E-state index < -0.39 is 0 Å². The van der Waals surface area contributed by atoms with Crippen LogP contribution in [0.2, 0.25) is 0 Å². The van der Waals surface area contributed by atoms with Gasteiger partial charge in [0.25, 0.3) is 5.91 Å². The lowest BCUT2D eigenvalue weighted by molar-refractivity contribution is -0.119. The molecular formula is C19H28N2O3. The summed E-state index contributed by atoms with van der Waals surface area (Å²) in [5.41, 5.74) is 1.07. The summed E-state index contributed by atoms with van der Waals surface area (Å²) in [6.07, 6.45) is 2.53. The Morgan fingerprint density at radius 2 is 1.92 bits per heavy atom. The topological polar surface area (TPSA) is 69.6 Å². The molecule has 1 aliphatic carbocycles. The zero-order valence-electron chi connectivity index (χ0n) is 15.0. The van der Waals surface area contributed by atoms with Crippen molar-refractivity contribution in [2.45, 2.75) is 46.1 Å². The molecule has 1 fully saturated rings. The van der Waals surface area contributed by atoms with Gasteiger partial charge in [-0.3, -0.25) is 9.59 Å². The molecule has 1 aromatic carbocycles. The molecule has 5 heteroatoms. The van der Waals surface area contributed by atoms with Gasteiger partial charge < -0.3 is 15.3 Å². The van der Waals surface area contributed by atoms with Gasteiger partial charge in [0.2, 0.25) is 5.91 Å². The maximum absolute atomic E-state index is 12.7. The molecule has 2 rings (SSSR count). The van der Waals surface area contributed by atoms with Gasteiger partial charge in [-0.15, -0.1) is 0 Å². The lowest BCUT2D eigenvalue weighted by atomic mass is 9.88. The van der Waals surface area contributed by atoms with Crippen LogP contribution in [0, 0.1) is 11.3 Å². The number of nitrogens with one attached hydrogen (secondary N) is 1. The van der Waals surface area contributed by atoms with Crippen molar-refractivity contribution in [1.82, 2.24) is 5.32 Å². The molecule has 2 N–H and O–H groups in total. The molecule has 0 radical (unpaired) electrons. The lowest BCUT2D eigenvalue weighted by Gasteiger charge is -2.26. The largest absolute Gasteiger partial charge is 0.394 e. The average Bonchev–Trinajstić information content (AvgIpc) is 3.36. The quantitative estimate of drug-likeness (QED) is 0.841. The van der Waals surface area contributed by atoms with Crippen LogP contribution in [-0.4, -0.2) is 36.6 Å². The van der Waals surface area contributed by atoms with Gasteiger partial charge in [-0.05, 0) is 36.8 Å². The van der Waals surface area contributed by atoms with Crippen molar-refractivity contribution in [3.8, 4) is 0 Å². The smallest absolute Gasteiger partial charge is 0.253 e. The minimum absolute atomic E-state index is 0.00107. The number of aliphatic hydroxyl groups excluding tert-OH is 1. The van der Waals surface area contributed by atoms with E-state index in [0.29, 0.717) is 17.7 Å². The van der Waals surface area contributed by atoms with Crippen molar-refractivity contribution in [2.24, 2.45) is 11.3 Å². The van der Waals surface area contributed by atoms with Gasteiger partial charge in [0.05, 0.1) is 23.9 Å². The van der Waals surface area contributed by atoms with Crippen molar-refractivity contribution >= 4 is 17.5 Å². The number of hydrogen-bond donors (Lipinski definition) is 2. The Labute approximate surface area is 144 Å². The van der Waals surface area contributed by atoms with Crippen LogP contribution in [0.3, 0.4) is 0 Å². The molecule has 0 aliphatic heterocycles. The van der Waals surface area contributed by atoms with Gasteiger partial charge in [-0.1, -0.05) is 32.9 Å². The molecule has 1 atom stereocenters. The number of carbonyl (C=O) groups excluding carboxylic acids is 2. The molecule has 0 heterocycles. The second-order valence-electron chi connectivity index (χ2n) is 7.81. The molecule has 0 bridgehead atoms. The van der Waals surface area contributed by atoms with E-state index in [2.05, 4.69) is 26.1 Å². The molecule has 0 saturated heterocycles. The number of carbonyl (C=O) groups is 2. The summed E-state index contributed by atoms with van der Waals surface area (Å²) in [5.74, 6) is -0.106. The Balaban J connectivity index is 2.15. The molecule has 1 saturated carbocycles. The van der Waals surface area contributed by atoms with Crippen LogP contribution < -0.4 is 10.2 Å². The maximum Gasteiger partial charge on any atom is 0.253 e. The molecule has 1 aliphatic rings. The third-order valence-electron chi connectivity index (χ3n) is 4.18. The van der Waals surface area contributed by atoms with E-state index in [9.17, 15) is 14.7 Å². The Hall–Kier alpha value is -1.88. The van der Waals surface area contributed by atoms with Crippen LogP contribution in [-0.2, 0) is 4.79 Å². The maximum atomic E-state index is 12.7. The Bertz CT molecular complexity index is 603. The first-order chi connectivity index (χ1) is 11.2. The van der Waals surface area contributed by atoms with Crippen molar-refractivity contribution in [3.63, 3.8) is 0 Å². The minimum Gasteiger partial charge on any atom is -0.394 e. The third kappa shape index (κ3) is 4.81. The highest BCUT2D eigenvalue weighted by Gasteiger charge is 2.33. The highest BCUT2D eigenvalue weighted by Crippen LogP contribution is 2.33. The van der Waals surface area contributed by atoms with E-state index in [1.807, 2.05) is 6.07 Å². The monoisotopic (exact) mass is 332 g/mol. The molecule has 24 heavy (non-hydrogen) atoms. The Morgan fingerprint density at radius 3 is 2.46 bits per heavy atom. The van der Waals surface area contributed by atoms with E-state index in [0.717, 1.165) is 12.8 Å². The summed E-state index contributed by atoms with van der Waals surface area (Å²) in [6.45, 7) is 6.09. The van der Waals surface area contributed by atoms with E-state index in [4.69, 9.17) is 0 Å². The summed E-state index contributed by atoms with van der Waals surface area (Å²) >= 11 is 0. The minimum atomic E-state index is -0.310. The molecule has 5 nitrogen and oxygen atoms in total. The van der Waals surface area contributed by atoms with Crippen LogP contribution in [0.15, 0.2) is 24.3 Å². The number of aliphatic hydroxyl groups is 1. The normalized spacial score (nSPS) is 15.7. The molecule has 132 valence electrons. The van der Waals surface area contributed by atoms with Gasteiger partial charge in [-0.2, -0.15) is 0 Å². The van der Waals surface area contributed by atoms with Gasteiger partial charge in [0.15, 0.2) is 0 Å². The van der Waals surface area contributed by atoms with Gasteiger partial charge in [0, 0.05) is 13.0 Å². The highest BCUT2D eigenvalue weighted by molar-refractivity contribution is 6.05. The predicted octanol–water partition coefficient (Wildman–Crippen LogP) is 2.59. The number of rotatable bonds is 6. The summed E-state index contributed by atoms with van der Waals surface area (Å²) in [6, 6.07) is 6.79. The SMILES string of the molecule is CN(C(=O)C1CC1)c1ccccc1C(=O)NC(CO)CC(C)(C)C. The first kappa shape index (κ1) is 18.5. The summed E-state index contributed by atoms with van der Waals surface area (Å²) < 4.78 is 0. The number of amides is 2.